The van der Waals surface area contributed by atoms with E-state index in [0.29, 0.717) is 31.7 Å². The number of ether oxygens (including phenoxy) is 1. The first kappa shape index (κ1) is 20.8. The highest BCUT2D eigenvalue weighted by molar-refractivity contribution is 5.79. The number of piperidine rings is 2. The Bertz CT molecular complexity index is 1040. The van der Waals surface area contributed by atoms with E-state index in [0.717, 1.165) is 55.9 Å². The maximum atomic E-state index is 13.1. The molecule has 0 radical (unpaired) electrons. The van der Waals surface area contributed by atoms with Crippen molar-refractivity contribution in [1.82, 2.24) is 9.88 Å². The number of β-amino-alcohol motifs (C(OH)–C–C–N with tert-alkyl or cyclic N) is 1. The van der Waals surface area contributed by atoms with Crippen LogP contribution in [0.25, 0.3) is 0 Å². The predicted octanol–water partition coefficient (Wildman–Crippen LogP) is 2.31. The average molecular weight is 433 g/mol. The van der Waals surface area contributed by atoms with Crippen molar-refractivity contribution in [3.63, 3.8) is 0 Å². The van der Waals surface area contributed by atoms with E-state index in [9.17, 15) is 9.90 Å². The van der Waals surface area contributed by atoms with Crippen molar-refractivity contribution in [1.29, 1.82) is 5.26 Å². The Morgan fingerprint density at radius 1 is 1.28 bits per heavy atom. The highest BCUT2D eigenvalue weighted by Gasteiger charge is 2.43. The van der Waals surface area contributed by atoms with E-state index in [4.69, 9.17) is 10.00 Å². The van der Waals surface area contributed by atoms with Gasteiger partial charge in [-0.25, -0.2) is 4.98 Å². The fraction of sp³-hybridized carbons (Fsp3) is 0.480. The number of likely N-dealkylation sites (tertiary alicyclic amines) is 1. The number of benzene rings is 1. The van der Waals surface area contributed by atoms with E-state index >= 15 is 0 Å². The van der Waals surface area contributed by atoms with Crippen LogP contribution in [-0.2, 0) is 17.6 Å². The monoisotopic (exact) mass is 432 g/mol. The van der Waals surface area contributed by atoms with Crippen LogP contribution in [0.1, 0.15) is 36.0 Å². The van der Waals surface area contributed by atoms with Gasteiger partial charge in [-0.3, -0.25) is 4.79 Å². The Morgan fingerprint density at radius 3 is 2.88 bits per heavy atom. The standard InChI is InChI=1S/C25H28N4O3/c26-14-19-2-4-23(27-15-19)28-8-6-25(7-9-28)13-21(30)16-29(17-25)24(31)12-18-1-3-22-20(11-18)5-10-32-22/h1-4,11,15,21,30H,5-10,12-13,16-17H2. The zero-order valence-corrected chi connectivity index (χ0v) is 18.2. The van der Waals surface area contributed by atoms with Crippen LogP contribution in [0.4, 0.5) is 5.82 Å². The number of carbonyl (C=O) groups is 1. The molecule has 1 unspecified atom stereocenters. The molecule has 1 atom stereocenters. The summed E-state index contributed by atoms with van der Waals surface area (Å²) < 4.78 is 5.57. The van der Waals surface area contributed by atoms with Gasteiger partial charge in [-0.15, -0.1) is 0 Å². The minimum Gasteiger partial charge on any atom is -0.493 e. The van der Waals surface area contributed by atoms with Gasteiger partial charge in [-0.1, -0.05) is 12.1 Å². The van der Waals surface area contributed by atoms with Crippen LogP contribution in [0.15, 0.2) is 36.5 Å². The van der Waals surface area contributed by atoms with Crippen LogP contribution in [0, 0.1) is 16.7 Å². The smallest absolute Gasteiger partial charge is 0.227 e. The molecule has 4 heterocycles. The number of pyridine rings is 1. The van der Waals surface area contributed by atoms with Crippen molar-refractivity contribution in [2.75, 3.05) is 37.7 Å². The number of carbonyl (C=O) groups excluding carboxylic acids is 1. The molecule has 5 rings (SSSR count). The summed E-state index contributed by atoms with van der Waals surface area (Å²) in [4.78, 5) is 21.6. The number of aliphatic hydroxyl groups is 1. The number of aliphatic hydroxyl groups excluding tert-OH is 1. The van der Waals surface area contributed by atoms with Crippen molar-refractivity contribution in [3.8, 4) is 11.8 Å². The molecule has 1 amide bonds. The molecule has 2 fully saturated rings. The summed E-state index contributed by atoms with van der Waals surface area (Å²) in [5.41, 5.74) is 2.69. The summed E-state index contributed by atoms with van der Waals surface area (Å²) in [6, 6.07) is 11.8. The molecule has 1 N–H and O–H groups in total. The van der Waals surface area contributed by atoms with Crippen LogP contribution in [-0.4, -0.2) is 59.8 Å². The first-order valence-corrected chi connectivity index (χ1v) is 11.4. The largest absolute Gasteiger partial charge is 0.493 e. The second-order valence-electron chi connectivity index (χ2n) is 9.35. The number of hydrogen-bond donors (Lipinski definition) is 1. The molecule has 2 aromatic rings. The van der Waals surface area contributed by atoms with Gasteiger partial charge in [-0.05, 0) is 54.0 Å². The summed E-state index contributed by atoms with van der Waals surface area (Å²) >= 11 is 0. The number of rotatable bonds is 3. The quantitative estimate of drug-likeness (QED) is 0.801. The number of nitrogens with zero attached hydrogens (tertiary/aromatic N) is 4. The summed E-state index contributed by atoms with van der Waals surface area (Å²) in [6.07, 6.45) is 4.93. The highest BCUT2D eigenvalue weighted by Crippen LogP contribution is 2.41. The fourth-order valence-corrected chi connectivity index (χ4v) is 5.39. The lowest BCUT2D eigenvalue weighted by atomic mass is 9.71. The number of amides is 1. The Kier molecular flexibility index (Phi) is 5.48. The van der Waals surface area contributed by atoms with Crippen LogP contribution in [0.2, 0.25) is 0 Å². The average Bonchev–Trinajstić information content (AvgIpc) is 3.27. The Hall–Kier alpha value is -3.11. The van der Waals surface area contributed by atoms with Crippen LogP contribution < -0.4 is 9.64 Å². The van der Waals surface area contributed by atoms with E-state index in [1.807, 2.05) is 23.1 Å². The van der Waals surface area contributed by atoms with Crippen molar-refractivity contribution in [2.24, 2.45) is 5.41 Å². The Balaban J connectivity index is 1.23. The molecule has 166 valence electrons. The molecule has 0 saturated carbocycles. The molecule has 0 aliphatic carbocycles. The number of aromatic nitrogens is 1. The van der Waals surface area contributed by atoms with Gasteiger partial charge in [-0.2, -0.15) is 5.26 Å². The number of anilines is 1. The lowest BCUT2D eigenvalue weighted by Gasteiger charge is -2.49. The van der Waals surface area contributed by atoms with E-state index in [1.165, 1.54) is 5.56 Å². The highest BCUT2D eigenvalue weighted by atomic mass is 16.5. The van der Waals surface area contributed by atoms with Crippen LogP contribution >= 0.6 is 0 Å². The molecule has 7 heteroatoms. The molecule has 1 aromatic carbocycles. The molecule has 2 saturated heterocycles. The minimum atomic E-state index is -0.485. The van der Waals surface area contributed by atoms with E-state index < -0.39 is 6.10 Å². The summed E-state index contributed by atoms with van der Waals surface area (Å²) in [5, 5.41) is 19.6. The first-order valence-electron chi connectivity index (χ1n) is 11.4. The molecule has 1 spiro atoms. The Labute approximate surface area is 188 Å². The summed E-state index contributed by atoms with van der Waals surface area (Å²) in [6.45, 7) is 3.49. The molecule has 0 bridgehead atoms. The van der Waals surface area contributed by atoms with Crippen molar-refractivity contribution >= 4 is 11.7 Å². The molecular formula is C25H28N4O3. The third kappa shape index (κ3) is 4.15. The van der Waals surface area contributed by atoms with Gasteiger partial charge in [0, 0.05) is 38.8 Å². The third-order valence-corrected chi connectivity index (χ3v) is 7.11. The lowest BCUT2D eigenvalue weighted by Crippen LogP contribution is -2.55. The maximum Gasteiger partial charge on any atom is 0.227 e. The van der Waals surface area contributed by atoms with Gasteiger partial charge in [0.1, 0.15) is 17.6 Å². The fourth-order valence-electron chi connectivity index (χ4n) is 5.39. The molecule has 3 aliphatic heterocycles. The zero-order valence-electron chi connectivity index (χ0n) is 18.2. The van der Waals surface area contributed by atoms with Gasteiger partial charge in [0.05, 0.1) is 24.7 Å². The van der Waals surface area contributed by atoms with E-state index in [1.54, 1.807) is 12.3 Å². The number of fused-ring (bicyclic) bond motifs is 1. The SMILES string of the molecule is N#Cc1ccc(N2CCC3(CC2)CC(O)CN(C(=O)Cc2ccc4c(c2)CCO4)C3)nc1. The maximum absolute atomic E-state index is 13.1. The van der Waals surface area contributed by atoms with Gasteiger partial charge >= 0.3 is 0 Å². The predicted molar refractivity (Wildman–Crippen MR) is 119 cm³/mol. The summed E-state index contributed by atoms with van der Waals surface area (Å²) in [7, 11) is 0. The van der Waals surface area contributed by atoms with Gasteiger partial charge < -0.3 is 19.6 Å². The normalized spacial score (nSPS) is 21.7. The topological polar surface area (TPSA) is 89.7 Å². The number of nitriles is 1. The molecular weight excluding hydrogens is 404 g/mol. The number of hydrogen-bond acceptors (Lipinski definition) is 6. The van der Waals surface area contributed by atoms with Crippen molar-refractivity contribution in [3.05, 3.63) is 53.2 Å². The Morgan fingerprint density at radius 2 is 2.12 bits per heavy atom. The third-order valence-electron chi connectivity index (χ3n) is 7.11. The van der Waals surface area contributed by atoms with Gasteiger partial charge in [0.2, 0.25) is 5.91 Å². The van der Waals surface area contributed by atoms with E-state index in [-0.39, 0.29) is 11.3 Å². The molecule has 3 aliphatic rings. The van der Waals surface area contributed by atoms with E-state index in [2.05, 4.69) is 22.0 Å². The van der Waals surface area contributed by atoms with Crippen LogP contribution in [0.3, 0.4) is 0 Å². The van der Waals surface area contributed by atoms with Crippen LogP contribution in [0.5, 0.6) is 5.75 Å². The second-order valence-corrected chi connectivity index (χ2v) is 9.35. The molecule has 32 heavy (non-hydrogen) atoms. The lowest BCUT2D eigenvalue weighted by molar-refractivity contribution is -0.138. The first-order chi connectivity index (χ1) is 15.5. The zero-order chi connectivity index (χ0) is 22.1. The van der Waals surface area contributed by atoms with Crippen molar-refractivity contribution in [2.45, 2.75) is 38.2 Å². The van der Waals surface area contributed by atoms with Gasteiger partial charge in [0.15, 0.2) is 0 Å². The second kappa shape index (κ2) is 8.44. The summed E-state index contributed by atoms with van der Waals surface area (Å²) in [5.74, 6) is 1.89. The molecule has 7 nitrogen and oxygen atoms in total. The van der Waals surface area contributed by atoms with Gasteiger partial charge in [0.25, 0.3) is 0 Å². The minimum absolute atomic E-state index is 0.0534. The molecule has 1 aromatic heterocycles. The van der Waals surface area contributed by atoms with Crippen molar-refractivity contribution < 1.29 is 14.6 Å².